The third-order valence-corrected chi connectivity index (χ3v) is 9.21. The van der Waals surface area contributed by atoms with E-state index in [2.05, 4.69) is 26.0 Å². The zero-order chi connectivity index (χ0) is 28.1. The molecule has 1 aliphatic carbocycles. The van der Waals surface area contributed by atoms with E-state index in [4.69, 9.17) is 26.8 Å². The molecular formula is C29H44N4O5. The number of nitrogens with two attached hydrogens (primary N) is 3. The van der Waals surface area contributed by atoms with Gasteiger partial charge in [0.25, 0.3) is 11.8 Å². The van der Waals surface area contributed by atoms with E-state index in [9.17, 15) is 14.4 Å². The molecular weight excluding hydrogens is 484 g/mol. The third kappa shape index (κ3) is 4.73. The number of hydrogen-bond acceptors (Lipinski definition) is 8. The second kappa shape index (κ2) is 9.92. The Kier molecular flexibility index (Phi) is 7.44. The molecule has 2 heterocycles. The van der Waals surface area contributed by atoms with Crippen molar-refractivity contribution in [3.05, 3.63) is 28.8 Å². The summed E-state index contributed by atoms with van der Waals surface area (Å²) in [4.78, 5) is 41.7. The molecule has 2 fully saturated rings. The predicted molar refractivity (Wildman–Crippen MR) is 144 cm³/mol. The minimum Gasteiger partial charge on any atom is -0.485 e. The van der Waals surface area contributed by atoms with Crippen LogP contribution < -0.4 is 21.9 Å². The van der Waals surface area contributed by atoms with Gasteiger partial charge in [0.15, 0.2) is 0 Å². The number of rotatable bonds is 8. The number of carbonyl (C=O) groups is 3. The Morgan fingerprint density at radius 3 is 2.37 bits per heavy atom. The fraction of sp³-hybridized carbons (Fsp3) is 0.690. The molecule has 6 N–H and O–H groups in total. The summed E-state index contributed by atoms with van der Waals surface area (Å²) >= 11 is 0. The average molecular weight is 529 g/mol. The standard InChI is InChI=1S/C29H44N4O5/c1-6-7-8-9-19-14-20(10-13-24(36)38-33-22(34)11-12-23(33)35)25-21(15-19)37-26(3,4)29(32)16-18(2)27(5,30)17-28(25,29)31/h14-15,18H,6-13,16-17,30-32H2,1-5H3/t18?,27?,28-,29-/m1/s1. The average Bonchev–Trinajstić information content (AvgIpc) is 3.12. The van der Waals surface area contributed by atoms with Crippen molar-refractivity contribution in [3.8, 4) is 5.75 Å². The Hall–Kier alpha value is -2.49. The Morgan fingerprint density at radius 2 is 1.74 bits per heavy atom. The summed E-state index contributed by atoms with van der Waals surface area (Å²) in [6, 6.07) is 4.16. The van der Waals surface area contributed by atoms with Gasteiger partial charge >= 0.3 is 5.97 Å². The molecule has 9 heteroatoms. The topological polar surface area (TPSA) is 151 Å². The minimum absolute atomic E-state index is 0.0325. The highest BCUT2D eigenvalue weighted by molar-refractivity contribution is 6.01. The van der Waals surface area contributed by atoms with Crippen molar-refractivity contribution in [2.24, 2.45) is 23.1 Å². The van der Waals surface area contributed by atoms with Gasteiger partial charge in [-0.05, 0) is 76.0 Å². The number of unbranched alkanes of at least 4 members (excludes halogenated alkanes) is 2. The summed E-state index contributed by atoms with van der Waals surface area (Å²) in [5, 5.41) is 0.586. The van der Waals surface area contributed by atoms with Gasteiger partial charge in [-0.1, -0.05) is 32.8 Å². The zero-order valence-electron chi connectivity index (χ0n) is 23.5. The van der Waals surface area contributed by atoms with Crippen LogP contribution in [-0.2, 0) is 37.6 Å². The molecule has 2 aliphatic heterocycles. The largest absolute Gasteiger partial charge is 0.485 e. The first-order valence-corrected chi connectivity index (χ1v) is 13.9. The molecule has 0 spiro atoms. The first-order chi connectivity index (χ1) is 17.6. The predicted octanol–water partition coefficient (Wildman–Crippen LogP) is 3.13. The van der Waals surface area contributed by atoms with Crippen LogP contribution in [0.2, 0.25) is 0 Å². The lowest BCUT2D eigenvalue weighted by Gasteiger charge is -2.64. The van der Waals surface area contributed by atoms with Crippen molar-refractivity contribution in [2.75, 3.05) is 0 Å². The normalized spacial score (nSPS) is 32.0. The van der Waals surface area contributed by atoms with Gasteiger partial charge in [0.1, 0.15) is 11.4 Å². The summed E-state index contributed by atoms with van der Waals surface area (Å²) in [7, 11) is 0. The second-order valence-corrected chi connectivity index (χ2v) is 12.5. The van der Waals surface area contributed by atoms with Crippen LogP contribution in [0, 0.1) is 5.92 Å². The molecule has 1 aromatic rings. The third-order valence-electron chi connectivity index (χ3n) is 9.21. The number of imide groups is 1. The number of carbonyl (C=O) groups excluding carboxylic acids is 3. The molecule has 4 rings (SSSR count). The van der Waals surface area contributed by atoms with E-state index in [1.165, 1.54) is 0 Å². The number of amides is 2. The highest BCUT2D eigenvalue weighted by Crippen LogP contribution is 2.58. The Balaban J connectivity index is 1.73. The Bertz CT molecular complexity index is 1120. The van der Waals surface area contributed by atoms with Crippen LogP contribution in [0.1, 0.15) is 103 Å². The maximum atomic E-state index is 12.7. The smallest absolute Gasteiger partial charge is 0.333 e. The van der Waals surface area contributed by atoms with Crippen molar-refractivity contribution in [2.45, 2.75) is 121 Å². The van der Waals surface area contributed by atoms with Crippen molar-refractivity contribution >= 4 is 17.8 Å². The molecule has 0 radical (unpaired) electrons. The van der Waals surface area contributed by atoms with Gasteiger partial charge in [0, 0.05) is 23.9 Å². The highest BCUT2D eigenvalue weighted by Gasteiger charge is 2.66. The number of aryl methyl sites for hydroxylation is 2. The fourth-order valence-electron chi connectivity index (χ4n) is 6.58. The van der Waals surface area contributed by atoms with Crippen molar-refractivity contribution in [1.82, 2.24) is 5.06 Å². The van der Waals surface area contributed by atoms with E-state index in [1.807, 2.05) is 20.8 Å². The van der Waals surface area contributed by atoms with Crippen LogP contribution in [0.15, 0.2) is 12.1 Å². The van der Waals surface area contributed by atoms with Gasteiger partial charge in [-0.15, -0.1) is 5.06 Å². The molecule has 2 amide bonds. The van der Waals surface area contributed by atoms with Gasteiger partial charge in [-0.3, -0.25) is 9.59 Å². The summed E-state index contributed by atoms with van der Waals surface area (Å²) < 4.78 is 6.64. The Morgan fingerprint density at radius 1 is 1.08 bits per heavy atom. The quantitative estimate of drug-likeness (QED) is 0.344. The van der Waals surface area contributed by atoms with E-state index >= 15 is 0 Å². The number of hydrogen-bond donors (Lipinski definition) is 3. The van der Waals surface area contributed by atoms with Crippen molar-refractivity contribution in [1.29, 1.82) is 0 Å². The van der Waals surface area contributed by atoms with Crippen molar-refractivity contribution in [3.63, 3.8) is 0 Å². The van der Waals surface area contributed by atoms with Gasteiger partial charge < -0.3 is 26.8 Å². The number of benzene rings is 1. The Labute approximate surface area is 225 Å². The minimum atomic E-state index is -0.998. The zero-order valence-corrected chi connectivity index (χ0v) is 23.5. The lowest BCUT2D eigenvalue weighted by atomic mass is 9.50. The molecule has 1 saturated heterocycles. The fourth-order valence-corrected chi connectivity index (χ4v) is 6.58. The number of hydroxylamine groups is 2. The van der Waals surface area contributed by atoms with Gasteiger partial charge in [-0.25, -0.2) is 4.79 Å². The monoisotopic (exact) mass is 528 g/mol. The molecule has 3 aliphatic rings. The van der Waals surface area contributed by atoms with E-state index in [1.54, 1.807) is 0 Å². The van der Waals surface area contributed by atoms with Crippen LogP contribution in [0.25, 0.3) is 0 Å². The molecule has 4 atom stereocenters. The van der Waals surface area contributed by atoms with Crippen LogP contribution in [-0.4, -0.2) is 39.5 Å². The summed E-state index contributed by atoms with van der Waals surface area (Å²) in [6.07, 6.45) is 5.54. The molecule has 1 saturated carbocycles. The maximum Gasteiger partial charge on any atom is 0.333 e. The first-order valence-electron chi connectivity index (χ1n) is 13.9. The van der Waals surface area contributed by atoms with E-state index in [-0.39, 0.29) is 25.2 Å². The van der Waals surface area contributed by atoms with E-state index < -0.39 is 40.0 Å². The lowest BCUT2D eigenvalue weighted by Crippen LogP contribution is -2.81. The van der Waals surface area contributed by atoms with Crippen LogP contribution in [0.3, 0.4) is 0 Å². The molecule has 210 valence electrons. The summed E-state index contributed by atoms with van der Waals surface area (Å²) in [5.74, 6) is -0.841. The van der Waals surface area contributed by atoms with Crippen LogP contribution in [0.5, 0.6) is 5.75 Å². The molecule has 38 heavy (non-hydrogen) atoms. The van der Waals surface area contributed by atoms with E-state index in [0.29, 0.717) is 30.1 Å². The lowest BCUT2D eigenvalue weighted by molar-refractivity contribution is -0.197. The van der Waals surface area contributed by atoms with E-state index in [0.717, 1.165) is 42.4 Å². The number of fused-ring (bicyclic) bond motifs is 3. The van der Waals surface area contributed by atoms with Crippen molar-refractivity contribution < 1.29 is 24.0 Å². The maximum absolute atomic E-state index is 12.7. The molecule has 2 unspecified atom stereocenters. The van der Waals surface area contributed by atoms with Gasteiger partial charge in [0.05, 0.1) is 17.5 Å². The van der Waals surface area contributed by atoms with Crippen LogP contribution in [0.4, 0.5) is 0 Å². The molecule has 0 aromatic heterocycles. The number of nitrogens with zero attached hydrogens (tertiary/aromatic N) is 1. The first kappa shape index (κ1) is 28.5. The highest BCUT2D eigenvalue weighted by atomic mass is 16.7. The summed E-state index contributed by atoms with van der Waals surface area (Å²) in [6.45, 7) is 10.3. The molecule has 1 aromatic carbocycles. The molecule has 0 bridgehead atoms. The second-order valence-electron chi connectivity index (χ2n) is 12.5. The summed E-state index contributed by atoms with van der Waals surface area (Å²) in [5.41, 5.74) is 21.0. The van der Waals surface area contributed by atoms with Gasteiger partial charge in [0.2, 0.25) is 0 Å². The number of ether oxygens (including phenoxy) is 1. The SMILES string of the molecule is CCCCCc1cc(CCC(=O)ON2C(=O)CCC2=O)c2c(c1)OC(C)(C)[C@]1(N)CC(C)C(C)(N)C[C@@]21N. The van der Waals surface area contributed by atoms with Gasteiger partial charge in [-0.2, -0.15) is 0 Å². The van der Waals surface area contributed by atoms with Crippen LogP contribution >= 0.6 is 0 Å². The molecule has 9 nitrogen and oxygen atoms in total.